The van der Waals surface area contributed by atoms with Crippen molar-refractivity contribution in [2.75, 3.05) is 26.1 Å². The highest BCUT2D eigenvalue weighted by atomic mass is 16.6. The monoisotopic (exact) mass is 372 g/mol. The molecule has 0 bridgehead atoms. The number of ketones is 1. The Bertz CT molecular complexity index is 863. The van der Waals surface area contributed by atoms with Crippen LogP contribution in [0.5, 0.6) is 17.2 Å². The third-order valence-electron chi connectivity index (χ3n) is 3.62. The number of carbonyl (C=O) groups is 1. The number of allylic oxidation sites excluding steroid dienone is 1. The third kappa shape index (κ3) is 4.97. The second-order valence-electron chi connectivity index (χ2n) is 5.28. The van der Waals surface area contributed by atoms with E-state index in [2.05, 4.69) is 5.32 Å². The summed E-state index contributed by atoms with van der Waals surface area (Å²) in [5, 5.41) is 14.0. The van der Waals surface area contributed by atoms with Crippen LogP contribution in [0, 0.1) is 10.1 Å². The van der Waals surface area contributed by atoms with E-state index in [0.29, 0.717) is 29.4 Å². The molecule has 0 heterocycles. The van der Waals surface area contributed by atoms with Crippen LogP contribution in [0.1, 0.15) is 17.3 Å². The van der Waals surface area contributed by atoms with Crippen molar-refractivity contribution in [2.45, 2.75) is 6.92 Å². The number of methoxy groups -OCH3 is 2. The molecule has 2 rings (SSSR count). The van der Waals surface area contributed by atoms with Crippen LogP contribution >= 0.6 is 0 Å². The quantitative estimate of drug-likeness (QED) is 0.309. The number of ether oxygens (including phenoxy) is 3. The van der Waals surface area contributed by atoms with Gasteiger partial charge in [0.1, 0.15) is 11.4 Å². The van der Waals surface area contributed by atoms with Crippen molar-refractivity contribution in [3.63, 3.8) is 0 Å². The molecular weight excluding hydrogens is 352 g/mol. The Morgan fingerprint density at radius 1 is 1.15 bits per heavy atom. The molecule has 2 aromatic rings. The van der Waals surface area contributed by atoms with Crippen molar-refractivity contribution >= 4 is 17.2 Å². The van der Waals surface area contributed by atoms with E-state index in [9.17, 15) is 14.9 Å². The molecular formula is C19H20N2O6. The molecule has 1 N–H and O–H groups in total. The van der Waals surface area contributed by atoms with E-state index in [0.717, 1.165) is 0 Å². The zero-order valence-corrected chi connectivity index (χ0v) is 15.2. The van der Waals surface area contributed by atoms with Gasteiger partial charge in [-0.15, -0.1) is 0 Å². The Balaban J connectivity index is 2.15. The lowest BCUT2D eigenvalue weighted by Crippen LogP contribution is -2.00. The van der Waals surface area contributed by atoms with E-state index in [1.807, 2.05) is 0 Å². The summed E-state index contributed by atoms with van der Waals surface area (Å²) in [5.74, 6) is 1.06. The van der Waals surface area contributed by atoms with Crippen LogP contribution in [0.3, 0.4) is 0 Å². The molecule has 0 saturated carbocycles. The second-order valence-corrected chi connectivity index (χ2v) is 5.28. The number of nitro benzene ring substituents is 1. The molecule has 0 aliphatic carbocycles. The summed E-state index contributed by atoms with van der Waals surface area (Å²) in [5.41, 5.74) is 0.496. The molecule has 142 valence electrons. The van der Waals surface area contributed by atoms with Crippen LogP contribution < -0.4 is 19.5 Å². The average Bonchev–Trinajstić information content (AvgIpc) is 2.68. The van der Waals surface area contributed by atoms with Crippen LogP contribution in [-0.2, 0) is 0 Å². The molecule has 27 heavy (non-hydrogen) atoms. The third-order valence-corrected chi connectivity index (χ3v) is 3.62. The average molecular weight is 372 g/mol. The largest absolute Gasteiger partial charge is 0.494 e. The first-order chi connectivity index (χ1) is 13.0. The van der Waals surface area contributed by atoms with Crippen LogP contribution in [0.2, 0.25) is 0 Å². The lowest BCUT2D eigenvalue weighted by molar-refractivity contribution is -0.384. The topological polar surface area (TPSA) is 99.9 Å². The molecule has 0 aliphatic heterocycles. The van der Waals surface area contributed by atoms with Crippen LogP contribution in [0.15, 0.2) is 48.7 Å². The number of carbonyl (C=O) groups excluding carboxylic acids is 1. The van der Waals surface area contributed by atoms with Gasteiger partial charge >= 0.3 is 0 Å². The maximum atomic E-state index is 12.3. The first-order valence-electron chi connectivity index (χ1n) is 8.10. The molecule has 0 aromatic heterocycles. The molecule has 8 nitrogen and oxygen atoms in total. The summed E-state index contributed by atoms with van der Waals surface area (Å²) < 4.78 is 15.6. The van der Waals surface area contributed by atoms with E-state index in [-0.39, 0.29) is 17.2 Å². The van der Waals surface area contributed by atoms with Crippen LogP contribution in [0.4, 0.5) is 11.4 Å². The van der Waals surface area contributed by atoms with Crippen molar-refractivity contribution in [3.05, 3.63) is 64.4 Å². The molecule has 0 atom stereocenters. The van der Waals surface area contributed by atoms with Crippen molar-refractivity contribution in [2.24, 2.45) is 0 Å². The summed E-state index contributed by atoms with van der Waals surface area (Å²) >= 11 is 0. The molecule has 0 aliphatic rings. The highest BCUT2D eigenvalue weighted by Gasteiger charge is 2.14. The lowest BCUT2D eigenvalue weighted by Gasteiger charge is -2.08. The van der Waals surface area contributed by atoms with Gasteiger partial charge in [-0.2, -0.15) is 0 Å². The fourth-order valence-electron chi connectivity index (χ4n) is 2.33. The normalized spacial score (nSPS) is 10.5. The molecule has 0 amide bonds. The number of rotatable bonds is 9. The number of nitrogens with zero attached hydrogens (tertiary/aromatic N) is 1. The van der Waals surface area contributed by atoms with Gasteiger partial charge in [0, 0.05) is 17.8 Å². The number of hydrogen-bond donors (Lipinski definition) is 1. The smallest absolute Gasteiger partial charge is 0.296 e. The standard InChI is InChI=1S/C19H20N2O6/c1-4-27-14-6-7-15(16(12-14)21(23)24)20-10-9-17(22)13-5-8-18(25-2)19(11-13)26-3/h5-12,20H,4H2,1-3H3/b10-9+. The number of nitro groups is 1. The van der Waals surface area contributed by atoms with Crippen molar-refractivity contribution in [1.82, 2.24) is 0 Å². The van der Waals surface area contributed by atoms with E-state index in [4.69, 9.17) is 14.2 Å². The lowest BCUT2D eigenvalue weighted by atomic mass is 10.1. The van der Waals surface area contributed by atoms with E-state index < -0.39 is 4.92 Å². The van der Waals surface area contributed by atoms with Gasteiger partial charge in [0.15, 0.2) is 17.3 Å². The molecule has 0 fully saturated rings. The highest BCUT2D eigenvalue weighted by Crippen LogP contribution is 2.30. The maximum absolute atomic E-state index is 12.3. The highest BCUT2D eigenvalue weighted by molar-refractivity contribution is 6.05. The van der Waals surface area contributed by atoms with Crippen molar-refractivity contribution in [3.8, 4) is 17.2 Å². The van der Waals surface area contributed by atoms with Crippen molar-refractivity contribution < 1.29 is 23.9 Å². The van der Waals surface area contributed by atoms with Crippen LogP contribution in [-0.4, -0.2) is 31.5 Å². The number of hydrogen-bond acceptors (Lipinski definition) is 7. The van der Waals surface area contributed by atoms with Gasteiger partial charge in [-0.05, 0) is 37.3 Å². The van der Waals surface area contributed by atoms with Crippen molar-refractivity contribution in [1.29, 1.82) is 0 Å². The Morgan fingerprint density at radius 2 is 1.89 bits per heavy atom. The number of benzene rings is 2. The van der Waals surface area contributed by atoms with Gasteiger partial charge in [0.05, 0.1) is 31.8 Å². The molecule has 0 unspecified atom stereocenters. The maximum Gasteiger partial charge on any atom is 0.296 e. The van der Waals surface area contributed by atoms with E-state index >= 15 is 0 Å². The Kier molecular flexibility index (Phi) is 6.76. The minimum absolute atomic E-state index is 0.149. The molecule has 0 spiro atoms. The minimum Gasteiger partial charge on any atom is -0.494 e. The first-order valence-corrected chi connectivity index (χ1v) is 8.10. The molecule has 2 aromatic carbocycles. The zero-order valence-electron chi connectivity index (χ0n) is 15.2. The fourth-order valence-corrected chi connectivity index (χ4v) is 2.33. The predicted molar refractivity (Wildman–Crippen MR) is 101 cm³/mol. The molecule has 0 saturated heterocycles. The van der Waals surface area contributed by atoms with Gasteiger partial charge in [0.2, 0.25) is 0 Å². The van der Waals surface area contributed by atoms with Gasteiger partial charge in [0.25, 0.3) is 5.69 Å². The van der Waals surface area contributed by atoms with Gasteiger partial charge < -0.3 is 19.5 Å². The Morgan fingerprint density at radius 3 is 2.52 bits per heavy atom. The van der Waals surface area contributed by atoms with Gasteiger partial charge in [-0.25, -0.2) is 0 Å². The van der Waals surface area contributed by atoms with Gasteiger partial charge in [-0.3, -0.25) is 14.9 Å². The zero-order chi connectivity index (χ0) is 19.8. The summed E-state index contributed by atoms with van der Waals surface area (Å²) in [6, 6.07) is 9.26. The number of nitrogens with one attached hydrogen (secondary N) is 1. The predicted octanol–water partition coefficient (Wildman–Crippen LogP) is 3.82. The molecule has 8 heteroatoms. The summed E-state index contributed by atoms with van der Waals surface area (Å²) in [6.07, 6.45) is 2.63. The first kappa shape index (κ1) is 19.8. The summed E-state index contributed by atoms with van der Waals surface area (Å²) in [6.45, 7) is 2.20. The second kappa shape index (κ2) is 9.23. The molecule has 0 radical (unpaired) electrons. The SMILES string of the molecule is CCOc1ccc(N/C=C/C(=O)c2ccc(OC)c(OC)c2)c([N+](=O)[O-])c1. The Hall–Kier alpha value is -3.55. The number of anilines is 1. The van der Waals surface area contributed by atoms with Crippen LogP contribution in [0.25, 0.3) is 0 Å². The van der Waals surface area contributed by atoms with Gasteiger partial charge in [-0.1, -0.05) is 0 Å². The fraction of sp³-hybridized carbons (Fsp3) is 0.211. The summed E-state index contributed by atoms with van der Waals surface area (Å²) in [4.78, 5) is 23.0. The minimum atomic E-state index is -0.519. The van der Waals surface area contributed by atoms with E-state index in [1.165, 1.54) is 38.6 Å². The Labute approximate surface area is 156 Å². The summed E-state index contributed by atoms with van der Waals surface area (Å²) in [7, 11) is 2.99. The van der Waals surface area contributed by atoms with E-state index in [1.54, 1.807) is 31.2 Å².